The highest BCUT2D eigenvalue weighted by Crippen LogP contribution is 2.27. The Morgan fingerprint density at radius 3 is 2.79 bits per heavy atom. The van der Waals surface area contributed by atoms with Gasteiger partial charge in [-0.05, 0) is 46.7 Å². The quantitative estimate of drug-likeness (QED) is 0.472. The number of anilines is 1. The van der Waals surface area contributed by atoms with E-state index in [0.717, 1.165) is 5.56 Å². The third kappa shape index (κ3) is 3.82. The van der Waals surface area contributed by atoms with E-state index in [2.05, 4.69) is 25.8 Å². The fourth-order valence-electron chi connectivity index (χ4n) is 2.52. The molecule has 2 aromatic heterocycles. The van der Waals surface area contributed by atoms with Crippen molar-refractivity contribution in [2.75, 3.05) is 11.1 Å². The SMILES string of the molecule is Cn1c(SCC(=O)Nc2ccc(Cl)cc2Cl)nnc1-c1ccc2nonc2c1. The zero-order chi connectivity index (χ0) is 19.7. The van der Waals surface area contributed by atoms with Crippen LogP contribution in [0.2, 0.25) is 10.0 Å². The van der Waals surface area contributed by atoms with Crippen LogP contribution < -0.4 is 5.32 Å². The van der Waals surface area contributed by atoms with E-state index >= 15 is 0 Å². The molecule has 0 fully saturated rings. The fraction of sp³-hybridized carbons (Fsp3) is 0.118. The number of thioether (sulfide) groups is 1. The van der Waals surface area contributed by atoms with E-state index in [1.165, 1.54) is 11.8 Å². The Labute approximate surface area is 173 Å². The second-order valence-electron chi connectivity index (χ2n) is 5.79. The van der Waals surface area contributed by atoms with Gasteiger partial charge in [-0.2, -0.15) is 0 Å². The molecule has 4 rings (SSSR count). The smallest absolute Gasteiger partial charge is 0.234 e. The van der Waals surface area contributed by atoms with Crippen molar-refractivity contribution in [2.24, 2.45) is 7.05 Å². The molecular weight excluding hydrogens is 423 g/mol. The van der Waals surface area contributed by atoms with Crippen molar-refractivity contribution in [1.82, 2.24) is 25.1 Å². The summed E-state index contributed by atoms with van der Waals surface area (Å²) in [6, 6.07) is 10.4. The van der Waals surface area contributed by atoms with Gasteiger partial charge >= 0.3 is 0 Å². The van der Waals surface area contributed by atoms with Crippen LogP contribution >= 0.6 is 35.0 Å². The molecule has 0 radical (unpaired) electrons. The number of carbonyl (C=O) groups is 1. The van der Waals surface area contributed by atoms with Crippen LogP contribution in [-0.4, -0.2) is 36.7 Å². The lowest BCUT2D eigenvalue weighted by molar-refractivity contribution is -0.113. The summed E-state index contributed by atoms with van der Waals surface area (Å²) in [5.74, 6) is 0.583. The van der Waals surface area contributed by atoms with E-state index in [9.17, 15) is 4.79 Å². The average Bonchev–Trinajstić information content (AvgIpc) is 3.28. The fourth-order valence-corrected chi connectivity index (χ4v) is 3.69. The molecule has 1 amide bonds. The first-order valence-corrected chi connectivity index (χ1v) is 9.75. The maximum Gasteiger partial charge on any atom is 0.234 e. The van der Waals surface area contributed by atoms with E-state index in [0.29, 0.717) is 37.7 Å². The molecule has 11 heteroatoms. The van der Waals surface area contributed by atoms with Crippen molar-refractivity contribution in [3.63, 3.8) is 0 Å². The maximum absolute atomic E-state index is 12.2. The number of halogens is 2. The highest BCUT2D eigenvalue weighted by atomic mass is 35.5. The number of fused-ring (bicyclic) bond motifs is 1. The number of hydrogen-bond donors (Lipinski definition) is 1. The minimum Gasteiger partial charge on any atom is -0.324 e. The van der Waals surface area contributed by atoms with Gasteiger partial charge in [-0.1, -0.05) is 35.0 Å². The van der Waals surface area contributed by atoms with Crippen molar-refractivity contribution in [2.45, 2.75) is 5.16 Å². The molecule has 0 aliphatic carbocycles. The molecule has 0 spiro atoms. The van der Waals surface area contributed by atoms with Crippen LogP contribution in [0.1, 0.15) is 0 Å². The number of nitrogens with one attached hydrogen (secondary N) is 1. The van der Waals surface area contributed by atoms with E-state index in [-0.39, 0.29) is 11.7 Å². The Morgan fingerprint density at radius 1 is 1.14 bits per heavy atom. The summed E-state index contributed by atoms with van der Waals surface area (Å²) in [4.78, 5) is 12.2. The van der Waals surface area contributed by atoms with Gasteiger partial charge in [-0.15, -0.1) is 10.2 Å². The number of rotatable bonds is 5. The standard InChI is InChI=1S/C17H12Cl2N6O2S/c1-25-16(9-2-4-13-14(6-9)24-27-23-13)21-22-17(25)28-8-15(26)20-12-5-3-10(18)7-11(12)19/h2-7H,8H2,1H3,(H,20,26). The Hall–Kier alpha value is -2.62. The van der Waals surface area contributed by atoms with Crippen LogP contribution in [0, 0.1) is 0 Å². The number of benzene rings is 2. The van der Waals surface area contributed by atoms with Crippen LogP contribution in [0.25, 0.3) is 22.4 Å². The van der Waals surface area contributed by atoms with E-state index in [1.807, 2.05) is 23.7 Å². The van der Waals surface area contributed by atoms with Gasteiger partial charge in [0.15, 0.2) is 11.0 Å². The molecule has 0 aliphatic heterocycles. The van der Waals surface area contributed by atoms with Gasteiger partial charge in [0.2, 0.25) is 5.91 Å². The number of hydrogen-bond acceptors (Lipinski definition) is 7. The summed E-state index contributed by atoms with van der Waals surface area (Å²) < 4.78 is 6.52. The molecule has 2 heterocycles. The normalized spacial score (nSPS) is 11.1. The zero-order valence-electron chi connectivity index (χ0n) is 14.4. The largest absolute Gasteiger partial charge is 0.324 e. The molecule has 1 N–H and O–H groups in total. The number of nitrogens with zero attached hydrogens (tertiary/aromatic N) is 5. The van der Waals surface area contributed by atoms with Gasteiger partial charge in [0.1, 0.15) is 11.0 Å². The molecule has 0 saturated carbocycles. The molecular formula is C17H12Cl2N6O2S. The summed E-state index contributed by atoms with van der Waals surface area (Å²) >= 11 is 13.2. The lowest BCUT2D eigenvalue weighted by Crippen LogP contribution is -2.14. The second kappa shape index (κ2) is 7.78. The molecule has 0 atom stereocenters. The van der Waals surface area contributed by atoms with Gasteiger partial charge in [0, 0.05) is 17.6 Å². The molecule has 2 aromatic carbocycles. The molecule has 0 unspecified atom stereocenters. The minimum atomic E-state index is -0.214. The number of aromatic nitrogens is 5. The first kappa shape index (κ1) is 18.7. The Morgan fingerprint density at radius 2 is 1.96 bits per heavy atom. The van der Waals surface area contributed by atoms with Crippen molar-refractivity contribution in [3.8, 4) is 11.4 Å². The highest BCUT2D eigenvalue weighted by Gasteiger charge is 2.15. The number of amides is 1. The van der Waals surface area contributed by atoms with Gasteiger partial charge in [-0.3, -0.25) is 4.79 Å². The van der Waals surface area contributed by atoms with Crippen LogP contribution in [0.5, 0.6) is 0 Å². The van der Waals surface area contributed by atoms with Gasteiger partial charge in [-0.25, -0.2) is 4.63 Å². The summed E-state index contributed by atoms with van der Waals surface area (Å²) in [5, 5.41) is 20.2. The predicted octanol–water partition coefficient (Wildman–Crippen LogP) is 4.06. The lowest BCUT2D eigenvalue weighted by Gasteiger charge is -2.07. The van der Waals surface area contributed by atoms with Crippen molar-refractivity contribution in [1.29, 1.82) is 0 Å². The van der Waals surface area contributed by atoms with E-state index < -0.39 is 0 Å². The predicted molar refractivity (Wildman–Crippen MR) is 108 cm³/mol. The second-order valence-corrected chi connectivity index (χ2v) is 7.58. The molecule has 28 heavy (non-hydrogen) atoms. The first-order valence-electron chi connectivity index (χ1n) is 8.01. The van der Waals surface area contributed by atoms with Crippen molar-refractivity contribution in [3.05, 3.63) is 46.4 Å². The topological polar surface area (TPSA) is 98.7 Å². The summed E-state index contributed by atoms with van der Waals surface area (Å²) in [5.41, 5.74) is 2.62. The zero-order valence-corrected chi connectivity index (χ0v) is 16.7. The van der Waals surface area contributed by atoms with Gasteiger partial charge in [0.25, 0.3) is 0 Å². The minimum absolute atomic E-state index is 0.150. The Kier molecular flexibility index (Phi) is 5.21. The molecule has 142 valence electrons. The third-order valence-electron chi connectivity index (χ3n) is 3.88. The first-order chi connectivity index (χ1) is 13.5. The van der Waals surface area contributed by atoms with Crippen LogP contribution in [0.4, 0.5) is 5.69 Å². The monoisotopic (exact) mass is 434 g/mol. The molecule has 0 saturated heterocycles. The molecule has 0 aliphatic rings. The summed E-state index contributed by atoms with van der Waals surface area (Å²) in [7, 11) is 1.83. The lowest BCUT2D eigenvalue weighted by atomic mass is 10.2. The van der Waals surface area contributed by atoms with Crippen LogP contribution in [0.15, 0.2) is 46.2 Å². The highest BCUT2D eigenvalue weighted by molar-refractivity contribution is 7.99. The Bertz CT molecular complexity index is 1180. The van der Waals surface area contributed by atoms with Crippen molar-refractivity contribution >= 4 is 57.6 Å². The molecule has 0 bridgehead atoms. The third-order valence-corrected chi connectivity index (χ3v) is 5.45. The van der Waals surface area contributed by atoms with E-state index in [4.69, 9.17) is 27.8 Å². The van der Waals surface area contributed by atoms with E-state index in [1.54, 1.807) is 24.3 Å². The van der Waals surface area contributed by atoms with Gasteiger partial charge < -0.3 is 9.88 Å². The van der Waals surface area contributed by atoms with Crippen LogP contribution in [0.3, 0.4) is 0 Å². The number of carbonyl (C=O) groups excluding carboxylic acids is 1. The summed E-state index contributed by atoms with van der Waals surface area (Å²) in [6.45, 7) is 0. The molecule has 4 aromatic rings. The van der Waals surface area contributed by atoms with Crippen LogP contribution in [-0.2, 0) is 11.8 Å². The summed E-state index contributed by atoms with van der Waals surface area (Å²) in [6.07, 6.45) is 0. The maximum atomic E-state index is 12.2. The Balaban J connectivity index is 1.45. The average molecular weight is 435 g/mol. The van der Waals surface area contributed by atoms with Crippen molar-refractivity contribution < 1.29 is 9.42 Å². The van der Waals surface area contributed by atoms with Gasteiger partial charge in [0.05, 0.1) is 16.5 Å². The molecule has 8 nitrogen and oxygen atoms in total.